The molecule has 9 heteroatoms. The van der Waals surface area contributed by atoms with Gasteiger partial charge in [0.1, 0.15) is 17.5 Å². The zero-order valence-corrected chi connectivity index (χ0v) is 15.1. The number of pyridine rings is 1. The van der Waals surface area contributed by atoms with Gasteiger partial charge in [0.05, 0.1) is 32.6 Å². The number of rotatable bonds is 3. The van der Waals surface area contributed by atoms with E-state index in [4.69, 9.17) is 11.6 Å². The molecule has 0 aliphatic carbocycles. The molecule has 0 amide bonds. The highest BCUT2D eigenvalue weighted by Gasteiger charge is 2.23. The minimum atomic E-state index is -1.12. The van der Waals surface area contributed by atoms with Gasteiger partial charge in [-0.1, -0.05) is 11.6 Å². The van der Waals surface area contributed by atoms with Crippen LogP contribution in [0.4, 0.5) is 13.2 Å². The SMILES string of the molecule is CCn1c(-c2c(F)cc(F)cc2F)c(-n2cc(Cl)cn2)cc(Br)c1=O. The summed E-state index contributed by atoms with van der Waals surface area (Å²) in [5.74, 6) is -3.30. The van der Waals surface area contributed by atoms with E-state index in [-0.39, 0.29) is 22.4 Å². The summed E-state index contributed by atoms with van der Waals surface area (Å²) in [5, 5.41) is 4.33. The van der Waals surface area contributed by atoms with Gasteiger partial charge < -0.3 is 4.57 Å². The maximum absolute atomic E-state index is 14.4. The Morgan fingerprint density at radius 2 is 1.84 bits per heavy atom. The molecule has 0 saturated heterocycles. The normalized spacial score (nSPS) is 11.1. The molecular weight excluding hydrogens is 423 g/mol. The fourth-order valence-corrected chi connectivity index (χ4v) is 3.13. The van der Waals surface area contributed by atoms with Gasteiger partial charge in [-0.05, 0) is 28.9 Å². The molecule has 1 aromatic carbocycles. The van der Waals surface area contributed by atoms with Crippen LogP contribution < -0.4 is 5.56 Å². The lowest BCUT2D eigenvalue weighted by atomic mass is 10.1. The van der Waals surface area contributed by atoms with Gasteiger partial charge in [0.25, 0.3) is 5.56 Å². The molecule has 0 spiro atoms. The monoisotopic (exact) mass is 431 g/mol. The Morgan fingerprint density at radius 3 is 2.36 bits per heavy atom. The highest BCUT2D eigenvalue weighted by molar-refractivity contribution is 9.10. The molecule has 0 aliphatic rings. The van der Waals surface area contributed by atoms with Crippen LogP contribution >= 0.6 is 27.5 Å². The fraction of sp³-hybridized carbons (Fsp3) is 0.125. The first kappa shape index (κ1) is 17.8. The zero-order valence-electron chi connectivity index (χ0n) is 12.7. The quantitative estimate of drug-likeness (QED) is 0.609. The molecular formula is C16H10BrClF3N3O. The number of hydrogen-bond acceptors (Lipinski definition) is 2. The summed E-state index contributed by atoms with van der Waals surface area (Å²) < 4.78 is 44.7. The molecule has 0 saturated carbocycles. The highest BCUT2D eigenvalue weighted by atomic mass is 79.9. The average Bonchev–Trinajstić information content (AvgIpc) is 2.96. The first-order valence-corrected chi connectivity index (χ1v) is 8.29. The number of aromatic nitrogens is 3. The molecule has 130 valence electrons. The van der Waals surface area contributed by atoms with Crippen molar-refractivity contribution in [3.63, 3.8) is 0 Å². The number of nitrogens with zero attached hydrogens (tertiary/aromatic N) is 3. The second-order valence-electron chi connectivity index (χ2n) is 5.12. The molecule has 0 bridgehead atoms. The third kappa shape index (κ3) is 3.11. The van der Waals surface area contributed by atoms with Crippen LogP contribution in [0.3, 0.4) is 0 Å². The summed E-state index contributed by atoms with van der Waals surface area (Å²) in [5.41, 5.74) is -0.854. The van der Waals surface area contributed by atoms with E-state index in [2.05, 4.69) is 21.0 Å². The van der Waals surface area contributed by atoms with Crippen molar-refractivity contribution in [2.75, 3.05) is 0 Å². The number of halogens is 5. The largest absolute Gasteiger partial charge is 0.305 e. The predicted molar refractivity (Wildman–Crippen MR) is 91.5 cm³/mol. The van der Waals surface area contributed by atoms with Crippen molar-refractivity contribution in [1.29, 1.82) is 0 Å². The van der Waals surface area contributed by atoms with Crippen molar-refractivity contribution in [3.05, 3.63) is 67.9 Å². The maximum Gasteiger partial charge on any atom is 0.265 e. The lowest BCUT2D eigenvalue weighted by Crippen LogP contribution is -2.24. The summed E-state index contributed by atoms with van der Waals surface area (Å²) in [6, 6.07) is 2.50. The molecule has 0 fully saturated rings. The van der Waals surface area contributed by atoms with Crippen molar-refractivity contribution < 1.29 is 13.2 Å². The fourth-order valence-electron chi connectivity index (χ4n) is 2.56. The van der Waals surface area contributed by atoms with Crippen LogP contribution in [0.25, 0.3) is 16.9 Å². The van der Waals surface area contributed by atoms with E-state index in [0.29, 0.717) is 17.2 Å². The first-order valence-electron chi connectivity index (χ1n) is 7.12. The molecule has 0 atom stereocenters. The predicted octanol–water partition coefficient (Wildman–Crippen LogP) is 4.55. The minimum absolute atomic E-state index is 0.0644. The Labute approximate surface area is 153 Å². The summed E-state index contributed by atoms with van der Waals surface area (Å²) >= 11 is 9.02. The topological polar surface area (TPSA) is 39.8 Å². The van der Waals surface area contributed by atoms with E-state index in [1.165, 1.54) is 27.7 Å². The van der Waals surface area contributed by atoms with Gasteiger partial charge in [-0.15, -0.1) is 0 Å². The third-order valence-electron chi connectivity index (χ3n) is 3.58. The van der Waals surface area contributed by atoms with E-state index in [9.17, 15) is 18.0 Å². The van der Waals surface area contributed by atoms with Crippen LogP contribution in [0.5, 0.6) is 0 Å². The summed E-state index contributed by atoms with van der Waals surface area (Å²) in [4.78, 5) is 12.4. The molecule has 0 radical (unpaired) electrons. The van der Waals surface area contributed by atoms with E-state index in [0.717, 1.165) is 0 Å². The molecule has 4 nitrogen and oxygen atoms in total. The van der Waals surface area contributed by atoms with E-state index < -0.39 is 28.6 Å². The van der Waals surface area contributed by atoms with Gasteiger partial charge in [-0.2, -0.15) is 5.10 Å². The molecule has 0 N–H and O–H groups in total. The van der Waals surface area contributed by atoms with E-state index in [1.807, 2.05) is 0 Å². The Bertz CT molecular complexity index is 1010. The van der Waals surface area contributed by atoms with Crippen LogP contribution in [0.1, 0.15) is 6.92 Å². The second kappa shape index (κ2) is 6.68. The molecule has 3 aromatic rings. The van der Waals surface area contributed by atoms with Crippen LogP contribution in [-0.4, -0.2) is 14.3 Å². The standard InChI is InChI=1S/C16H10BrClF3N3O/c1-2-23-15(14-11(20)3-9(19)4-12(14)21)13(5-10(17)16(23)25)24-7-8(18)6-22-24/h3-7H,2H2,1H3. The molecule has 0 aliphatic heterocycles. The summed E-state index contributed by atoms with van der Waals surface area (Å²) in [6.45, 7) is 1.78. The Balaban J connectivity index is 2.47. The molecule has 3 rings (SSSR count). The van der Waals surface area contributed by atoms with Crippen molar-refractivity contribution in [1.82, 2.24) is 14.3 Å². The lowest BCUT2D eigenvalue weighted by molar-refractivity contribution is 0.544. The molecule has 2 heterocycles. The molecule has 25 heavy (non-hydrogen) atoms. The second-order valence-corrected chi connectivity index (χ2v) is 6.41. The third-order valence-corrected chi connectivity index (χ3v) is 4.35. The van der Waals surface area contributed by atoms with E-state index in [1.54, 1.807) is 6.92 Å². The van der Waals surface area contributed by atoms with Gasteiger partial charge in [-0.25, -0.2) is 17.9 Å². The van der Waals surface area contributed by atoms with Crippen LogP contribution in [-0.2, 0) is 6.54 Å². The van der Waals surface area contributed by atoms with Crippen LogP contribution in [0.15, 0.2) is 39.9 Å². The van der Waals surface area contributed by atoms with Gasteiger partial charge in [0.15, 0.2) is 0 Å². The van der Waals surface area contributed by atoms with Crippen molar-refractivity contribution >= 4 is 27.5 Å². The van der Waals surface area contributed by atoms with Gasteiger partial charge >= 0.3 is 0 Å². The van der Waals surface area contributed by atoms with Crippen LogP contribution in [0, 0.1) is 17.5 Å². The average molecular weight is 433 g/mol. The highest BCUT2D eigenvalue weighted by Crippen LogP contribution is 2.32. The van der Waals surface area contributed by atoms with Gasteiger partial charge in [-0.3, -0.25) is 4.79 Å². The molecule has 2 aromatic heterocycles. The molecule has 0 unspecified atom stereocenters. The zero-order chi connectivity index (χ0) is 18.3. The van der Waals surface area contributed by atoms with Crippen molar-refractivity contribution in [3.8, 4) is 16.9 Å². The number of hydrogen-bond donors (Lipinski definition) is 0. The smallest absolute Gasteiger partial charge is 0.265 e. The van der Waals surface area contributed by atoms with E-state index >= 15 is 0 Å². The van der Waals surface area contributed by atoms with Crippen molar-refractivity contribution in [2.45, 2.75) is 13.5 Å². The van der Waals surface area contributed by atoms with Gasteiger partial charge in [0, 0.05) is 24.9 Å². The van der Waals surface area contributed by atoms with Gasteiger partial charge in [0.2, 0.25) is 0 Å². The summed E-state index contributed by atoms with van der Waals surface area (Å²) in [6.07, 6.45) is 2.77. The minimum Gasteiger partial charge on any atom is -0.305 e. The van der Waals surface area contributed by atoms with Crippen molar-refractivity contribution in [2.24, 2.45) is 0 Å². The Morgan fingerprint density at radius 1 is 1.20 bits per heavy atom. The maximum atomic E-state index is 14.4. The summed E-state index contributed by atoms with van der Waals surface area (Å²) in [7, 11) is 0. The van der Waals surface area contributed by atoms with Crippen LogP contribution in [0.2, 0.25) is 5.02 Å². The Kier molecular flexibility index (Phi) is 4.75. The lowest BCUT2D eigenvalue weighted by Gasteiger charge is -2.18. The Hall–Kier alpha value is -2.06. The first-order chi connectivity index (χ1) is 11.8. The number of benzene rings is 1.